The molecule has 0 radical (unpaired) electrons. The van der Waals surface area contributed by atoms with Crippen LogP contribution in [0.15, 0.2) is 30.3 Å². The molecule has 0 bridgehead atoms. The molecule has 5 nitrogen and oxygen atoms in total. The van der Waals surface area contributed by atoms with E-state index in [9.17, 15) is 4.79 Å². The molecule has 1 aromatic rings. The number of ether oxygens (including phenoxy) is 3. The third-order valence-electron chi connectivity index (χ3n) is 4.28. The first-order chi connectivity index (χ1) is 11.2. The first kappa shape index (κ1) is 17.8. The van der Waals surface area contributed by atoms with Gasteiger partial charge in [0.25, 0.3) is 0 Å². The molecule has 23 heavy (non-hydrogen) atoms. The molecule has 128 valence electrons. The zero-order chi connectivity index (χ0) is 16.5. The lowest BCUT2D eigenvalue weighted by Gasteiger charge is -2.37. The van der Waals surface area contributed by atoms with Gasteiger partial charge in [-0.2, -0.15) is 0 Å². The molecule has 2 rings (SSSR count). The molecule has 1 aliphatic carbocycles. The number of benzene rings is 1. The summed E-state index contributed by atoms with van der Waals surface area (Å²) < 4.78 is 16.4. The zero-order valence-corrected chi connectivity index (χ0v) is 14.0. The first-order valence-corrected chi connectivity index (χ1v) is 8.32. The Kier molecular flexibility index (Phi) is 7.36. The average molecular weight is 321 g/mol. The van der Waals surface area contributed by atoms with Crippen LogP contribution in [0.2, 0.25) is 0 Å². The van der Waals surface area contributed by atoms with Crippen LogP contribution in [0.5, 0.6) is 0 Å². The highest BCUT2D eigenvalue weighted by Gasteiger charge is 2.35. The number of nitrogens with one attached hydrogen (secondary N) is 1. The lowest BCUT2D eigenvalue weighted by Crippen LogP contribution is -2.52. The summed E-state index contributed by atoms with van der Waals surface area (Å²) in [6, 6.07) is 10.0. The minimum atomic E-state index is -0.380. The summed E-state index contributed by atoms with van der Waals surface area (Å²) in [5.41, 5.74) is 1.15. The van der Waals surface area contributed by atoms with Gasteiger partial charge in [0.15, 0.2) is 0 Å². The van der Waals surface area contributed by atoms with Crippen molar-refractivity contribution in [2.75, 3.05) is 20.3 Å². The van der Waals surface area contributed by atoms with E-state index in [4.69, 9.17) is 14.2 Å². The molecular weight excluding hydrogens is 294 g/mol. The molecule has 0 aromatic heterocycles. The largest absolute Gasteiger partial charge is 0.450 e. The smallest absolute Gasteiger partial charge is 0.407 e. The van der Waals surface area contributed by atoms with Crippen LogP contribution in [0, 0.1) is 5.92 Å². The van der Waals surface area contributed by atoms with Gasteiger partial charge in [0, 0.05) is 13.0 Å². The minimum Gasteiger partial charge on any atom is -0.450 e. The van der Waals surface area contributed by atoms with Crippen LogP contribution in [0.25, 0.3) is 0 Å². The molecule has 1 N–H and O–H groups in total. The van der Waals surface area contributed by atoms with Crippen molar-refractivity contribution in [2.45, 2.75) is 44.9 Å². The average Bonchev–Trinajstić information content (AvgIpc) is 2.57. The maximum Gasteiger partial charge on any atom is 0.407 e. The Balaban J connectivity index is 1.89. The van der Waals surface area contributed by atoms with Crippen LogP contribution in [-0.4, -0.2) is 38.6 Å². The van der Waals surface area contributed by atoms with Gasteiger partial charge in [-0.15, -0.1) is 0 Å². The van der Waals surface area contributed by atoms with Gasteiger partial charge in [-0.3, -0.25) is 0 Å². The highest BCUT2D eigenvalue weighted by molar-refractivity contribution is 5.67. The Labute approximate surface area is 138 Å². The number of hydrogen-bond donors (Lipinski definition) is 1. The van der Waals surface area contributed by atoms with Crippen molar-refractivity contribution >= 4 is 6.09 Å². The number of alkyl carbamates (subject to hydrolysis) is 1. The number of carbonyl (C=O) groups is 1. The van der Waals surface area contributed by atoms with Crippen LogP contribution >= 0.6 is 0 Å². The minimum absolute atomic E-state index is 0.0125. The third-order valence-corrected chi connectivity index (χ3v) is 4.28. The van der Waals surface area contributed by atoms with E-state index in [1.807, 2.05) is 30.3 Å². The van der Waals surface area contributed by atoms with Crippen molar-refractivity contribution in [1.29, 1.82) is 0 Å². The zero-order valence-electron chi connectivity index (χ0n) is 14.0. The van der Waals surface area contributed by atoms with Crippen molar-refractivity contribution in [3.63, 3.8) is 0 Å². The second kappa shape index (κ2) is 9.53. The van der Waals surface area contributed by atoms with Crippen LogP contribution in [0.3, 0.4) is 0 Å². The maximum atomic E-state index is 11.8. The predicted octanol–water partition coefficient (Wildman–Crippen LogP) is 3.13. The number of amides is 1. The SMILES string of the molecule is CCOC(=O)N[C@H]1[C@@H](COCc2ccccc2)CCC[C@@H]1OC. The fraction of sp³-hybridized carbons (Fsp3) is 0.611. The van der Waals surface area contributed by atoms with E-state index in [0.717, 1.165) is 24.8 Å². The molecule has 0 heterocycles. The summed E-state index contributed by atoms with van der Waals surface area (Å²) in [7, 11) is 1.69. The molecule has 0 spiro atoms. The topological polar surface area (TPSA) is 56.8 Å². The number of rotatable bonds is 7. The Hall–Kier alpha value is -1.59. The van der Waals surface area contributed by atoms with Crippen LogP contribution in [0.1, 0.15) is 31.7 Å². The normalized spacial score (nSPS) is 24.2. The summed E-state index contributed by atoms with van der Waals surface area (Å²) in [5.74, 6) is 0.238. The third kappa shape index (κ3) is 5.52. The van der Waals surface area contributed by atoms with Crippen molar-refractivity contribution in [3.8, 4) is 0 Å². The molecule has 1 aromatic carbocycles. The van der Waals surface area contributed by atoms with Crippen LogP contribution in [0.4, 0.5) is 4.79 Å². The van der Waals surface area contributed by atoms with E-state index in [1.54, 1.807) is 14.0 Å². The van der Waals surface area contributed by atoms with E-state index in [-0.39, 0.29) is 24.2 Å². The maximum absolute atomic E-state index is 11.8. The highest BCUT2D eigenvalue weighted by atomic mass is 16.5. The molecule has 1 saturated carbocycles. The molecule has 5 heteroatoms. The standard InChI is InChI=1S/C18H27NO4/c1-3-23-18(20)19-17-15(10-7-11-16(17)21-2)13-22-12-14-8-5-4-6-9-14/h4-6,8-9,15-17H,3,7,10-13H2,1-2H3,(H,19,20)/t15-,16+,17+/m1/s1. The van der Waals surface area contributed by atoms with E-state index >= 15 is 0 Å². The molecule has 3 atom stereocenters. The summed E-state index contributed by atoms with van der Waals surface area (Å²) in [6.45, 7) is 3.35. The fourth-order valence-electron chi connectivity index (χ4n) is 3.12. The second-order valence-electron chi connectivity index (χ2n) is 5.86. The Morgan fingerprint density at radius 2 is 2.04 bits per heavy atom. The van der Waals surface area contributed by atoms with Gasteiger partial charge in [-0.25, -0.2) is 4.79 Å². The summed E-state index contributed by atoms with van der Waals surface area (Å²) in [5, 5.41) is 2.95. The molecule has 1 aliphatic rings. The Bertz CT molecular complexity index is 465. The quantitative estimate of drug-likeness (QED) is 0.838. The van der Waals surface area contributed by atoms with Gasteiger partial charge in [-0.05, 0) is 25.3 Å². The number of methoxy groups -OCH3 is 1. The fourth-order valence-corrected chi connectivity index (χ4v) is 3.12. The summed E-state index contributed by atoms with van der Waals surface area (Å²) in [4.78, 5) is 11.8. The number of hydrogen-bond acceptors (Lipinski definition) is 4. The molecule has 0 unspecified atom stereocenters. The first-order valence-electron chi connectivity index (χ1n) is 8.32. The molecule has 1 amide bonds. The van der Waals surface area contributed by atoms with Gasteiger partial charge in [0.1, 0.15) is 0 Å². The van der Waals surface area contributed by atoms with Gasteiger partial charge in [0.2, 0.25) is 0 Å². The number of carbonyl (C=O) groups excluding carboxylic acids is 1. The highest BCUT2D eigenvalue weighted by Crippen LogP contribution is 2.27. The van der Waals surface area contributed by atoms with Crippen molar-refractivity contribution < 1.29 is 19.0 Å². The van der Waals surface area contributed by atoms with Crippen LogP contribution in [-0.2, 0) is 20.8 Å². The van der Waals surface area contributed by atoms with Crippen LogP contribution < -0.4 is 5.32 Å². The van der Waals surface area contributed by atoms with Gasteiger partial charge < -0.3 is 19.5 Å². The lowest BCUT2D eigenvalue weighted by atomic mass is 9.83. The monoisotopic (exact) mass is 321 g/mol. The molecule has 1 fully saturated rings. The Morgan fingerprint density at radius 3 is 2.74 bits per heavy atom. The lowest BCUT2D eigenvalue weighted by molar-refractivity contribution is -0.0150. The summed E-state index contributed by atoms with van der Waals surface area (Å²) >= 11 is 0. The van der Waals surface area contributed by atoms with Crippen molar-refractivity contribution in [1.82, 2.24) is 5.32 Å². The second-order valence-corrected chi connectivity index (χ2v) is 5.86. The van der Waals surface area contributed by atoms with E-state index in [0.29, 0.717) is 19.8 Å². The van der Waals surface area contributed by atoms with Gasteiger partial charge in [0.05, 0.1) is 32.0 Å². The molecular formula is C18H27NO4. The van der Waals surface area contributed by atoms with Crippen molar-refractivity contribution in [3.05, 3.63) is 35.9 Å². The molecule has 0 saturated heterocycles. The predicted molar refractivity (Wildman–Crippen MR) is 88.2 cm³/mol. The molecule has 0 aliphatic heterocycles. The van der Waals surface area contributed by atoms with Gasteiger partial charge in [-0.1, -0.05) is 36.8 Å². The van der Waals surface area contributed by atoms with Gasteiger partial charge >= 0.3 is 6.09 Å². The van der Waals surface area contributed by atoms with E-state index < -0.39 is 0 Å². The van der Waals surface area contributed by atoms with E-state index in [2.05, 4.69) is 5.32 Å². The Morgan fingerprint density at radius 1 is 1.26 bits per heavy atom. The van der Waals surface area contributed by atoms with E-state index in [1.165, 1.54) is 0 Å². The summed E-state index contributed by atoms with van der Waals surface area (Å²) in [6.07, 6.45) is 2.68. The van der Waals surface area contributed by atoms with Crippen molar-refractivity contribution in [2.24, 2.45) is 5.92 Å².